The van der Waals surface area contributed by atoms with Crippen molar-refractivity contribution in [1.82, 2.24) is 10.5 Å². The number of hydrogen-bond acceptors (Lipinski definition) is 5. The second-order valence-electron chi connectivity index (χ2n) is 5.30. The van der Waals surface area contributed by atoms with Gasteiger partial charge in [0.15, 0.2) is 5.82 Å². The van der Waals surface area contributed by atoms with Crippen molar-refractivity contribution < 1.29 is 14.1 Å². The second kappa shape index (κ2) is 8.71. The minimum Gasteiger partial charge on any atom is -0.360 e. The summed E-state index contributed by atoms with van der Waals surface area (Å²) in [4.78, 5) is 23.5. The fraction of sp³-hybridized carbons (Fsp3) is 0.643. The summed E-state index contributed by atoms with van der Waals surface area (Å²) in [5, 5.41) is 8.85. The Morgan fingerprint density at radius 2 is 2.10 bits per heavy atom. The highest BCUT2D eigenvalue weighted by Crippen LogP contribution is 2.14. The number of rotatable bonds is 8. The predicted molar refractivity (Wildman–Crippen MR) is 84.3 cm³/mol. The van der Waals surface area contributed by atoms with Crippen LogP contribution < -0.4 is 10.6 Å². The molecule has 2 amide bonds. The standard InChI is InChI=1S/C14H23N3O3S/c1-9(2)5-6-15-13(18)8-21-11(4)14(19)16-12-7-10(3)20-17-12/h7,9,11H,5-6,8H2,1-4H3,(H,15,18)(H,16,17,19). The summed E-state index contributed by atoms with van der Waals surface area (Å²) in [5.41, 5.74) is 0. The lowest BCUT2D eigenvalue weighted by Crippen LogP contribution is -2.29. The van der Waals surface area contributed by atoms with Gasteiger partial charge >= 0.3 is 0 Å². The summed E-state index contributed by atoms with van der Waals surface area (Å²) in [6.45, 7) is 8.41. The van der Waals surface area contributed by atoms with Gasteiger partial charge in [-0.15, -0.1) is 11.8 Å². The number of nitrogens with zero attached hydrogens (tertiary/aromatic N) is 1. The largest absolute Gasteiger partial charge is 0.360 e. The van der Waals surface area contributed by atoms with Gasteiger partial charge < -0.3 is 15.2 Å². The monoisotopic (exact) mass is 313 g/mol. The maximum Gasteiger partial charge on any atom is 0.238 e. The highest BCUT2D eigenvalue weighted by atomic mass is 32.2. The summed E-state index contributed by atoms with van der Waals surface area (Å²) in [6.07, 6.45) is 0.956. The van der Waals surface area contributed by atoms with Crippen LogP contribution in [0.4, 0.5) is 5.82 Å². The average Bonchev–Trinajstić information content (AvgIpc) is 2.80. The number of aryl methyl sites for hydroxylation is 1. The van der Waals surface area contributed by atoms with Crippen LogP contribution >= 0.6 is 11.8 Å². The number of amides is 2. The fourth-order valence-electron chi connectivity index (χ4n) is 1.48. The van der Waals surface area contributed by atoms with Gasteiger partial charge in [-0.3, -0.25) is 9.59 Å². The number of hydrogen-bond donors (Lipinski definition) is 2. The van der Waals surface area contributed by atoms with E-state index < -0.39 is 0 Å². The molecule has 6 nitrogen and oxygen atoms in total. The molecule has 0 saturated heterocycles. The minimum absolute atomic E-state index is 0.0439. The van der Waals surface area contributed by atoms with Crippen LogP contribution in [0.1, 0.15) is 33.0 Å². The lowest BCUT2D eigenvalue weighted by atomic mass is 10.1. The van der Waals surface area contributed by atoms with Crippen molar-refractivity contribution in [3.05, 3.63) is 11.8 Å². The van der Waals surface area contributed by atoms with Crippen molar-refractivity contribution in [2.45, 2.75) is 39.4 Å². The molecule has 0 aliphatic heterocycles. The Kier molecular flexibility index (Phi) is 7.28. The average molecular weight is 313 g/mol. The molecular formula is C14H23N3O3S. The Morgan fingerprint density at radius 1 is 1.38 bits per heavy atom. The third kappa shape index (κ3) is 7.17. The zero-order valence-electron chi connectivity index (χ0n) is 12.9. The second-order valence-corrected chi connectivity index (χ2v) is 6.63. The number of anilines is 1. The summed E-state index contributed by atoms with van der Waals surface area (Å²) in [7, 11) is 0. The number of carbonyl (C=O) groups excluding carboxylic acids is 2. The van der Waals surface area contributed by atoms with Crippen molar-refractivity contribution in [2.24, 2.45) is 5.92 Å². The van der Waals surface area contributed by atoms with Crippen LogP contribution in [0.2, 0.25) is 0 Å². The first-order valence-electron chi connectivity index (χ1n) is 7.01. The molecule has 1 aromatic heterocycles. The molecule has 21 heavy (non-hydrogen) atoms. The molecule has 0 aliphatic carbocycles. The topological polar surface area (TPSA) is 84.2 Å². The van der Waals surface area contributed by atoms with Gasteiger partial charge in [-0.05, 0) is 26.2 Å². The van der Waals surface area contributed by atoms with E-state index in [0.717, 1.165) is 6.42 Å². The zero-order chi connectivity index (χ0) is 15.8. The van der Waals surface area contributed by atoms with E-state index >= 15 is 0 Å². The van der Waals surface area contributed by atoms with Crippen LogP contribution in [-0.2, 0) is 9.59 Å². The summed E-state index contributed by atoms with van der Waals surface area (Å²) >= 11 is 1.30. The third-order valence-electron chi connectivity index (χ3n) is 2.76. The third-order valence-corrected chi connectivity index (χ3v) is 3.90. The van der Waals surface area contributed by atoms with E-state index in [-0.39, 0.29) is 22.8 Å². The van der Waals surface area contributed by atoms with E-state index in [1.165, 1.54) is 11.8 Å². The molecule has 0 aromatic carbocycles. The molecule has 0 aliphatic rings. The zero-order valence-corrected chi connectivity index (χ0v) is 13.8. The van der Waals surface area contributed by atoms with Gasteiger partial charge in [0.25, 0.3) is 0 Å². The van der Waals surface area contributed by atoms with Gasteiger partial charge in [0, 0.05) is 12.6 Å². The highest BCUT2D eigenvalue weighted by Gasteiger charge is 2.16. The number of thioether (sulfide) groups is 1. The SMILES string of the molecule is Cc1cc(NC(=O)C(C)SCC(=O)NCCC(C)C)no1. The molecule has 0 fully saturated rings. The Bertz CT molecular complexity index is 474. The molecule has 0 spiro atoms. The number of carbonyl (C=O) groups is 2. The lowest BCUT2D eigenvalue weighted by molar-refractivity contribution is -0.118. The van der Waals surface area contributed by atoms with Crippen molar-refractivity contribution >= 4 is 29.4 Å². The molecule has 118 valence electrons. The number of aromatic nitrogens is 1. The van der Waals surface area contributed by atoms with Crippen molar-refractivity contribution in [1.29, 1.82) is 0 Å². The van der Waals surface area contributed by atoms with E-state index in [0.29, 0.717) is 24.0 Å². The first-order valence-corrected chi connectivity index (χ1v) is 8.06. The molecule has 0 bridgehead atoms. The van der Waals surface area contributed by atoms with Gasteiger partial charge in [-0.2, -0.15) is 0 Å². The Morgan fingerprint density at radius 3 is 2.67 bits per heavy atom. The Labute approximate surface area is 129 Å². The van der Waals surface area contributed by atoms with Crippen LogP contribution in [0.5, 0.6) is 0 Å². The first kappa shape index (κ1) is 17.6. The highest BCUT2D eigenvalue weighted by molar-refractivity contribution is 8.01. The Hall–Kier alpha value is -1.50. The van der Waals surface area contributed by atoms with E-state index in [4.69, 9.17) is 4.52 Å². The van der Waals surface area contributed by atoms with Crippen LogP contribution in [0.15, 0.2) is 10.6 Å². The summed E-state index contributed by atoms with van der Waals surface area (Å²) in [5.74, 6) is 1.63. The lowest BCUT2D eigenvalue weighted by Gasteiger charge is -2.11. The predicted octanol–water partition coefficient (Wildman–Crippen LogP) is 2.21. The molecule has 1 aromatic rings. The molecule has 2 N–H and O–H groups in total. The molecule has 1 rings (SSSR count). The normalized spacial score (nSPS) is 12.2. The molecule has 7 heteroatoms. The first-order chi connectivity index (χ1) is 9.88. The summed E-state index contributed by atoms with van der Waals surface area (Å²) in [6, 6.07) is 1.65. The van der Waals surface area contributed by atoms with Crippen LogP contribution in [0.25, 0.3) is 0 Å². The van der Waals surface area contributed by atoms with Gasteiger partial charge in [-0.1, -0.05) is 19.0 Å². The minimum atomic E-state index is -0.335. The quantitative estimate of drug-likeness (QED) is 0.768. The van der Waals surface area contributed by atoms with Gasteiger partial charge in [0.1, 0.15) is 5.76 Å². The van der Waals surface area contributed by atoms with Crippen LogP contribution in [0.3, 0.4) is 0 Å². The maximum absolute atomic E-state index is 11.9. The molecule has 0 radical (unpaired) electrons. The smallest absolute Gasteiger partial charge is 0.238 e. The van der Waals surface area contributed by atoms with Crippen molar-refractivity contribution in [3.63, 3.8) is 0 Å². The fourth-order valence-corrected chi connectivity index (χ4v) is 2.19. The molecule has 1 atom stereocenters. The molecule has 0 saturated carbocycles. The van der Waals surface area contributed by atoms with Crippen LogP contribution in [0, 0.1) is 12.8 Å². The van der Waals surface area contributed by atoms with Gasteiger partial charge in [-0.25, -0.2) is 0 Å². The van der Waals surface area contributed by atoms with Gasteiger partial charge in [0.2, 0.25) is 11.8 Å². The molecule has 1 heterocycles. The van der Waals surface area contributed by atoms with Gasteiger partial charge in [0.05, 0.1) is 11.0 Å². The van der Waals surface area contributed by atoms with Crippen molar-refractivity contribution in [2.75, 3.05) is 17.6 Å². The summed E-state index contributed by atoms with van der Waals surface area (Å²) < 4.78 is 4.87. The van der Waals surface area contributed by atoms with Crippen molar-refractivity contribution in [3.8, 4) is 0 Å². The molecule has 1 unspecified atom stereocenters. The molecular weight excluding hydrogens is 290 g/mol. The van der Waals surface area contributed by atoms with E-state index in [1.54, 1.807) is 19.9 Å². The number of nitrogens with one attached hydrogen (secondary N) is 2. The van der Waals surface area contributed by atoms with E-state index in [2.05, 4.69) is 29.6 Å². The maximum atomic E-state index is 11.9. The van der Waals surface area contributed by atoms with E-state index in [9.17, 15) is 9.59 Å². The Balaban J connectivity index is 2.24. The van der Waals surface area contributed by atoms with E-state index in [1.807, 2.05) is 0 Å². The van der Waals surface area contributed by atoms with Crippen LogP contribution in [-0.4, -0.2) is 34.5 Å².